The fourth-order valence-corrected chi connectivity index (χ4v) is 0. The van der Waals surface area contributed by atoms with Gasteiger partial charge in [0.25, 0.3) is 0 Å². The van der Waals surface area contributed by atoms with Crippen LogP contribution in [0.3, 0.4) is 0 Å². The molecule has 0 aliphatic rings. The third-order valence-electron chi connectivity index (χ3n) is 0. The van der Waals surface area contributed by atoms with E-state index in [-0.39, 0.29) is 38.8 Å². The monoisotopic (exact) mass is 170 g/mol. The zero-order chi connectivity index (χ0) is 2.00. The van der Waals surface area contributed by atoms with Gasteiger partial charge in [0.1, 0.15) is 0 Å². The van der Waals surface area contributed by atoms with Crippen molar-refractivity contribution in [3.05, 3.63) is 0 Å². The van der Waals surface area contributed by atoms with E-state index in [4.69, 9.17) is 0 Å². The minimum atomic E-state index is 0. The number of hydrogen-bond donors (Lipinski definition) is 0. The van der Waals surface area contributed by atoms with Crippen LogP contribution in [-0.4, -0.2) is 0 Å². The molecule has 0 aromatic carbocycles. The summed E-state index contributed by atoms with van der Waals surface area (Å²) in [6, 6.07) is 0. The van der Waals surface area contributed by atoms with E-state index in [2.05, 4.69) is 16.3 Å². The van der Waals surface area contributed by atoms with Gasteiger partial charge in [0.2, 0.25) is 0 Å². The first-order chi connectivity index (χ1) is 1.00. The van der Waals surface area contributed by atoms with E-state index in [0.29, 0.717) is 0 Å². The maximum atomic E-state index is 2.62. The quantitative estimate of drug-likeness (QED) is 0.466. The SMILES string of the molecule is [CH3][Cr].[Mn].[Ti]. The predicted octanol–water partition coefficient (Wildman–Crippen LogP) is 0.576. The average molecular weight is 170 g/mol. The van der Waals surface area contributed by atoms with E-state index in [1.165, 1.54) is 0 Å². The van der Waals surface area contributed by atoms with Crippen molar-refractivity contribution in [1.29, 1.82) is 0 Å². The molecule has 0 spiro atoms. The minimum absolute atomic E-state index is 0. The van der Waals surface area contributed by atoms with Crippen LogP contribution in [0.25, 0.3) is 0 Å². The molecule has 0 saturated heterocycles. The molecule has 0 bridgehead atoms. The van der Waals surface area contributed by atoms with Crippen molar-refractivity contribution in [3.8, 4) is 0 Å². The van der Waals surface area contributed by atoms with Gasteiger partial charge in [-0.05, 0) is 0 Å². The van der Waals surface area contributed by atoms with Crippen molar-refractivity contribution < 1.29 is 55.1 Å². The van der Waals surface area contributed by atoms with Crippen molar-refractivity contribution in [3.63, 3.8) is 0 Å². The molecule has 0 unspecified atom stereocenters. The summed E-state index contributed by atoms with van der Waals surface area (Å²) in [6.45, 7) is 0. The largest absolute Gasteiger partial charge is 0 e. The van der Waals surface area contributed by atoms with E-state index in [0.717, 1.165) is 0 Å². The molecule has 0 aliphatic carbocycles. The zero-order valence-corrected chi connectivity index (χ0v) is 6.30. The second kappa shape index (κ2) is 21.7. The molecule has 4 heavy (non-hydrogen) atoms. The minimum Gasteiger partial charge on any atom is 0 e. The van der Waals surface area contributed by atoms with Crippen LogP contribution in [0.5, 0.6) is 0 Å². The van der Waals surface area contributed by atoms with E-state index in [1.54, 1.807) is 0 Å². The third-order valence-corrected chi connectivity index (χ3v) is 0. The Kier molecular flexibility index (Phi) is 92.7. The molecular weight excluding hydrogens is 167 g/mol. The molecule has 0 saturated carbocycles. The van der Waals surface area contributed by atoms with Gasteiger partial charge in [0.05, 0.1) is 0 Å². The Labute approximate surface area is 60.5 Å². The van der Waals surface area contributed by atoms with Crippen LogP contribution in [0, 0.1) is 0 Å². The van der Waals surface area contributed by atoms with Gasteiger partial charge < -0.3 is 0 Å². The van der Waals surface area contributed by atoms with Gasteiger partial charge in [-0.3, -0.25) is 0 Å². The van der Waals surface area contributed by atoms with Gasteiger partial charge in [-0.1, -0.05) is 0 Å². The van der Waals surface area contributed by atoms with Crippen LogP contribution in [0.2, 0.25) is 5.79 Å². The van der Waals surface area contributed by atoms with Crippen LogP contribution in [0.1, 0.15) is 0 Å². The molecule has 0 heterocycles. The molecular formula is CH3CrMnTi. The van der Waals surface area contributed by atoms with Gasteiger partial charge in [-0.25, -0.2) is 0 Å². The summed E-state index contributed by atoms with van der Waals surface area (Å²) in [6.07, 6.45) is 0. The van der Waals surface area contributed by atoms with Gasteiger partial charge in [0, 0.05) is 38.8 Å². The summed E-state index contributed by atoms with van der Waals surface area (Å²) in [4.78, 5) is 0. The van der Waals surface area contributed by atoms with Gasteiger partial charge in [0.15, 0.2) is 0 Å². The Morgan fingerprint density at radius 1 is 1.25 bits per heavy atom. The molecule has 0 atom stereocenters. The average Bonchev–Trinajstić information content (AvgIpc) is 1.00. The first-order valence-electron chi connectivity index (χ1n) is 0.408. The molecule has 0 fully saturated rings. The van der Waals surface area contributed by atoms with Gasteiger partial charge in [-0.15, -0.1) is 0 Å². The molecule has 24 valence electrons. The van der Waals surface area contributed by atoms with Crippen LogP contribution in [0.4, 0.5) is 0 Å². The van der Waals surface area contributed by atoms with Crippen molar-refractivity contribution in [2.75, 3.05) is 0 Å². The van der Waals surface area contributed by atoms with E-state index in [1.807, 2.05) is 5.79 Å². The van der Waals surface area contributed by atoms with Crippen molar-refractivity contribution in [2.45, 2.75) is 5.79 Å². The molecule has 0 rings (SSSR count). The van der Waals surface area contributed by atoms with Crippen LogP contribution in [-0.2, 0) is 55.1 Å². The molecule has 0 amide bonds. The third kappa shape index (κ3) is 9.24. The standard InChI is InChI=1S/CH3.Cr.Mn.Ti/h1H3;;;. The summed E-state index contributed by atoms with van der Waals surface area (Å²) < 4.78 is 0. The Morgan fingerprint density at radius 3 is 1.25 bits per heavy atom. The molecule has 0 nitrogen and oxygen atoms in total. The van der Waals surface area contributed by atoms with Gasteiger partial charge >= 0.3 is 22.1 Å². The number of rotatable bonds is 0. The van der Waals surface area contributed by atoms with Crippen LogP contribution in [0.15, 0.2) is 0 Å². The van der Waals surface area contributed by atoms with Crippen LogP contribution < -0.4 is 0 Å². The summed E-state index contributed by atoms with van der Waals surface area (Å²) in [5.41, 5.74) is 0. The maximum Gasteiger partial charge on any atom is 0 e. The maximum absolute atomic E-state index is 2.62. The van der Waals surface area contributed by atoms with Gasteiger partial charge in [-0.2, -0.15) is 0 Å². The fourth-order valence-electron chi connectivity index (χ4n) is 0. The summed E-state index contributed by atoms with van der Waals surface area (Å²) in [5, 5.41) is 0. The van der Waals surface area contributed by atoms with Crippen molar-refractivity contribution in [2.24, 2.45) is 0 Å². The summed E-state index contributed by atoms with van der Waals surface area (Å²) in [5.74, 6) is 1.88. The Balaban J connectivity index is -0.00000000500. The second-order valence-electron chi connectivity index (χ2n) is 0. The van der Waals surface area contributed by atoms with Crippen molar-refractivity contribution in [1.82, 2.24) is 0 Å². The van der Waals surface area contributed by atoms with E-state index in [9.17, 15) is 0 Å². The molecule has 0 aromatic rings. The van der Waals surface area contributed by atoms with Crippen LogP contribution >= 0.6 is 0 Å². The first kappa shape index (κ1) is 17.1. The normalized spacial score (nSPS) is 1.25. The zero-order valence-electron chi connectivity index (χ0n) is 2.29. The topological polar surface area (TPSA) is 0 Å². The van der Waals surface area contributed by atoms with Crippen molar-refractivity contribution >= 4 is 0 Å². The molecule has 3 heteroatoms. The number of hydrogen-bond acceptors (Lipinski definition) is 0. The Hall–Kier alpha value is 1.77. The second-order valence-corrected chi connectivity index (χ2v) is 0. The van der Waals surface area contributed by atoms with E-state index >= 15 is 0 Å². The fraction of sp³-hybridized carbons (Fsp3) is 1.00. The smallest absolute Gasteiger partial charge is 0 e. The Bertz CT molecular complexity index is 8.00. The van der Waals surface area contributed by atoms with E-state index < -0.39 is 0 Å². The summed E-state index contributed by atoms with van der Waals surface area (Å²) in [7, 11) is 0. The molecule has 1 radical (unpaired) electrons. The Morgan fingerprint density at radius 2 is 1.25 bits per heavy atom. The molecule has 0 aliphatic heterocycles. The molecule has 0 aromatic heterocycles. The summed E-state index contributed by atoms with van der Waals surface area (Å²) >= 11 is 2.62. The molecule has 0 N–H and O–H groups in total. The predicted molar refractivity (Wildman–Crippen MR) is 5.86 cm³/mol. The first-order valence-corrected chi connectivity index (χ1v) is 1.68.